The van der Waals surface area contributed by atoms with E-state index in [0.717, 1.165) is 37.7 Å². The van der Waals surface area contributed by atoms with Gasteiger partial charge in [-0.3, -0.25) is 9.69 Å². The number of nitroso groups, excluding NO2 is 1. The largest absolute Gasteiger partial charge is 0.382 e. The Balaban J connectivity index is 1.46. The van der Waals surface area contributed by atoms with Gasteiger partial charge >= 0.3 is 0 Å². The average Bonchev–Trinajstić information content (AvgIpc) is 2.72. The summed E-state index contributed by atoms with van der Waals surface area (Å²) in [6.07, 6.45) is 3.87. The summed E-state index contributed by atoms with van der Waals surface area (Å²) < 4.78 is 0. The number of rotatable bonds is 7. The summed E-state index contributed by atoms with van der Waals surface area (Å²) in [6.45, 7) is 8.82. The maximum atomic E-state index is 12.5. The highest BCUT2D eigenvalue weighted by atomic mass is 16.3. The van der Waals surface area contributed by atoms with Crippen molar-refractivity contribution >= 4 is 5.91 Å². The maximum Gasteiger partial charge on any atom is 0.251 e. The molecule has 7 heteroatoms. The van der Waals surface area contributed by atoms with Crippen LogP contribution in [0.15, 0.2) is 71.7 Å². The molecule has 0 spiro atoms. The molecule has 2 aliphatic rings. The van der Waals surface area contributed by atoms with E-state index in [9.17, 15) is 14.8 Å². The third-order valence-electron chi connectivity index (χ3n) is 5.13. The summed E-state index contributed by atoms with van der Waals surface area (Å²) in [5.41, 5.74) is 1.88. The van der Waals surface area contributed by atoms with Crippen LogP contribution in [0.3, 0.4) is 0 Å². The van der Waals surface area contributed by atoms with E-state index >= 15 is 0 Å². The number of amides is 1. The SMILES string of the molecule is C=C1C=CC=C(N(N=O)C(=O)CCN2CCN(Cc3ccccc3)CC2)C1O. The van der Waals surface area contributed by atoms with Crippen molar-refractivity contribution in [3.8, 4) is 0 Å². The fourth-order valence-corrected chi connectivity index (χ4v) is 3.44. The molecule has 3 rings (SSSR count). The van der Waals surface area contributed by atoms with Gasteiger partial charge in [-0.25, -0.2) is 0 Å². The Hall–Kier alpha value is -2.61. The zero-order valence-electron chi connectivity index (χ0n) is 15.9. The Morgan fingerprint density at radius 1 is 1.18 bits per heavy atom. The normalized spacial score (nSPS) is 20.7. The number of hydrogen-bond acceptors (Lipinski definition) is 6. The average molecular weight is 382 g/mol. The Bertz CT molecular complexity index is 767. The number of nitrogens with zero attached hydrogens (tertiary/aromatic N) is 4. The molecule has 1 saturated heterocycles. The fraction of sp³-hybridized carbons (Fsp3) is 0.381. The molecule has 1 unspecified atom stereocenters. The van der Waals surface area contributed by atoms with Gasteiger partial charge in [0.2, 0.25) is 0 Å². The van der Waals surface area contributed by atoms with Gasteiger partial charge in [0.05, 0.1) is 11.0 Å². The number of aliphatic hydroxyl groups is 1. The quantitative estimate of drug-likeness (QED) is 0.577. The summed E-state index contributed by atoms with van der Waals surface area (Å²) in [4.78, 5) is 28.3. The predicted molar refractivity (Wildman–Crippen MR) is 108 cm³/mol. The van der Waals surface area contributed by atoms with Crippen LogP contribution >= 0.6 is 0 Å². The van der Waals surface area contributed by atoms with Crippen LogP contribution in [0.5, 0.6) is 0 Å². The molecule has 1 aliphatic carbocycles. The molecule has 1 aromatic carbocycles. The lowest BCUT2D eigenvalue weighted by molar-refractivity contribution is -0.130. The van der Waals surface area contributed by atoms with Crippen LogP contribution in [0, 0.1) is 4.91 Å². The van der Waals surface area contributed by atoms with Crippen LogP contribution in [0.2, 0.25) is 0 Å². The van der Waals surface area contributed by atoms with Crippen molar-refractivity contribution < 1.29 is 9.90 Å². The summed E-state index contributed by atoms with van der Waals surface area (Å²) in [5.74, 6) is -0.421. The lowest BCUT2D eigenvalue weighted by Crippen LogP contribution is -2.46. The molecule has 1 atom stereocenters. The highest BCUT2D eigenvalue weighted by Crippen LogP contribution is 2.22. The van der Waals surface area contributed by atoms with Gasteiger partial charge in [-0.15, -0.1) is 4.91 Å². The zero-order chi connectivity index (χ0) is 19.9. The number of benzene rings is 1. The molecule has 0 saturated carbocycles. The van der Waals surface area contributed by atoms with E-state index in [4.69, 9.17) is 0 Å². The number of allylic oxidation sites excluding steroid dienone is 2. The Kier molecular flexibility index (Phi) is 6.86. The first-order chi connectivity index (χ1) is 13.6. The molecular formula is C21H26N4O3. The van der Waals surface area contributed by atoms with E-state index in [1.54, 1.807) is 12.2 Å². The summed E-state index contributed by atoms with van der Waals surface area (Å²) >= 11 is 0. The minimum atomic E-state index is -1.09. The molecule has 148 valence electrons. The van der Waals surface area contributed by atoms with Gasteiger partial charge in [-0.2, -0.15) is 5.01 Å². The number of carbonyl (C=O) groups excluding carboxylic acids is 1. The third-order valence-corrected chi connectivity index (χ3v) is 5.13. The van der Waals surface area contributed by atoms with Crippen LogP contribution in [0.1, 0.15) is 12.0 Å². The lowest BCUT2D eigenvalue weighted by Gasteiger charge is -2.34. The van der Waals surface area contributed by atoms with Crippen LogP contribution in [-0.2, 0) is 11.3 Å². The Labute approximate surface area is 165 Å². The van der Waals surface area contributed by atoms with E-state index in [1.807, 2.05) is 18.2 Å². The number of piperazine rings is 1. The van der Waals surface area contributed by atoms with Crippen molar-refractivity contribution in [3.63, 3.8) is 0 Å². The standard InChI is InChI=1S/C21H26N4O3/c1-17-6-5-9-19(21(17)27)25(22-28)20(26)10-11-23-12-14-24(15-13-23)16-18-7-3-2-4-8-18/h2-9,21,27H,1,10-16H2. The van der Waals surface area contributed by atoms with Crippen molar-refractivity contribution in [3.05, 3.63) is 76.9 Å². The van der Waals surface area contributed by atoms with Crippen molar-refractivity contribution in [2.75, 3.05) is 32.7 Å². The first kappa shape index (κ1) is 20.1. The molecule has 7 nitrogen and oxygen atoms in total. The van der Waals surface area contributed by atoms with Gasteiger partial charge in [0.1, 0.15) is 6.10 Å². The highest BCUT2D eigenvalue weighted by molar-refractivity contribution is 5.78. The van der Waals surface area contributed by atoms with Crippen molar-refractivity contribution in [2.24, 2.45) is 5.29 Å². The summed E-state index contributed by atoms with van der Waals surface area (Å²) in [5, 5.41) is 13.7. The fourth-order valence-electron chi connectivity index (χ4n) is 3.44. The second-order valence-corrected chi connectivity index (χ2v) is 7.07. The van der Waals surface area contributed by atoms with Gasteiger partial charge in [0, 0.05) is 45.7 Å². The zero-order valence-corrected chi connectivity index (χ0v) is 15.9. The van der Waals surface area contributed by atoms with Crippen LogP contribution < -0.4 is 0 Å². The minimum Gasteiger partial charge on any atom is -0.382 e. The van der Waals surface area contributed by atoms with E-state index in [-0.39, 0.29) is 12.1 Å². The van der Waals surface area contributed by atoms with Crippen molar-refractivity contribution in [2.45, 2.75) is 19.1 Å². The second kappa shape index (κ2) is 9.54. The number of carbonyl (C=O) groups is 1. The molecule has 1 aliphatic heterocycles. The first-order valence-corrected chi connectivity index (χ1v) is 9.48. The Morgan fingerprint density at radius 2 is 1.86 bits per heavy atom. The smallest absolute Gasteiger partial charge is 0.251 e. The van der Waals surface area contributed by atoms with Crippen molar-refractivity contribution in [1.82, 2.24) is 14.8 Å². The third kappa shape index (κ3) is 5.01. The van der Waals surface area contributed by atoms with Crippen LogP contribution in [0.4, 0.5) is 0 Å². The lowest BCUT2D eigenvalue weighted by atomic mass is 10.0. The number of aliphatic hydroxyl groups excluding tert-OH is 1. The summed E-state index contributed by atoms with van der Waals surface area (Å²) in [6, 6.07) is 10.4. The van der Waals surface area contributed by atoms with E-state index in [0.29, 0.717) is 12.1 Å². The van der Waals surface area contributed by atoms with Gasteiger partial charge in [0.25, 0.3) is 5.91 Å². The van der Waals surface area contributed by atoms with E-state index < -0.39 is 12.0 Å². The topological polar surface area (TPSA) is 76.5 Å². The van der Waals surface area contributed by atoms with Crippen LogP contribution in [-0.4, -0.2) is 64.7 Å². The molecule has 1 heterocycles. The molecule has 28 heavy (non-hydrogen) atoms. The molecule has 0 aromatic heterocycles. The monoisotopic (exact) mass is 382 g/mol. The van der Waals surface area contributed by atoms with E-state index in [1.165, 1.54) is 11.6 Å². The predicted octanol–water partition coefficient (Wildman–Crippen LogP) is 2.08. The first-order valence-electron chi connectivity index (χ1n) is 9.48. The van der Waals surface area contributed by atoms with Crippen LogP contribution in [0.25, 0.3) is 0 Å². The van der Waals surface area contributed by atoms with Gasteiger partial charge in [-0.1, -0.05) is 49.1 Å². The molecule has 1 N–H and O–H groups in total. The molecule has 1 amide bonds. The van der Waals surface area contributed by atoms with Gasteiger partial charge in [-0.05, 0) is 17.2 Å². The number of hydrogen-bond donors (Lipinski definition) is 1. The summed E-state index contributed by atoms with van der Waals surface area (Å²) in [7, 11) is 0. The van der Waals surface area contributed by atoms with Gasteiger partial charge in [0.15, 0.2) is 0 Å². The molecule has 1 fully saturated rings. The molecule has 1 aromatic rings. The highest BCUT2D eigenvalue weighted by Gasteiger charge is 2.27. The molecule has 0 bridgehead atoms. The van der Waals surface area contributed by atoms with Crippen molar-refractivity contribution in [1.29, 1.82) is 0 Å². The maximum absolute atomic E-state index is 12.5. The second-order valence-electron chi connectivity index (χ2n) is 7.07. The Morgan fingerprint density at radius 3 is 2.54 bits per heavy atom. The van der Waals surface area contributed by atoms with E-state index in [2.05, 4.69) is 33.8 Å². The minimum absolute atomic E-state index is 0.153. The van der Waals surface area contributed by atoms with Gasteiger partial charge < -0.3 is 10.0 Å². The molecular weight excluding hydrogens is 356 g/mol. The molecule has 0 radical (unpaired) electrons.